The molecule has 0 unspecified atom stereocenters. The fourth-order valence-electron chi connectivity index (χ4n) is 1.86. The summed E-state index contributed by atoms with van der Waals surface area (Å²) in [4.78, 5) is 24.0. The summed E-state index contributed by atoms with van der Waals surface area (Å²) < 4.78 is 10.6. The Morgan fingerprint density at radius 1 is 1.21 bits per heavy atom. The normalized spacial score (nSPS) is 10.2. The van der Waals surface area contributed by atoms with Crippen molar-refractivity contribution in [1.29, 1.82) is 0 Å². The van der Waals surface area contributed by atoms with E-state index in [9.17, 15) is 9.59 Å². The summed E-state index contributed by atoms with van der Waals surface area (Å²) in [6.07, 6.45) is 0. The number of amides is 1. The fourth-order valence-corrected chi connectivity index (χ4v) is 2.45. The van der Waals surface area contributed by atoms with Crippen molar-refractivity contribution in [3.63, 3.8) is 0 Å². The first-order valence-electron chi connectivity index (χ1n) is 6.97. The van der Waals surface area contributed by atoms with Gasteiger partial charge in [0.15, 0.2) is 6.61 Å². The predicted octanol–water partition coefficient (Wildman–Crippen LogP) is 4.22. The summed E-state index contributed by atoms with van der Waals surface area (Å²) in [7, 11) is 1.50. The molecule has 1 amide bonds. The summed E-state index contributed by atoms with van der Waals surface area (Å²) >= 11 is 9.26. The van der Waals surface area contributed by atoms with Crippen molar-refractivity contribution >= 4 is 45.1 Å². The van der Waals surface area contributed by atoms with Gasteiger partial charge in [-0.15, -0.1) is 0 Å². The summed E-state index contributed by atoms with van der Waals surface area (Å²) in [5.41, 5.74) is 1.72. The highest BCUT2D eigenvalue weighted by molar-refractivity contribution is 9.10. The third-order valence-electron chi connectivity index (χ3n) is 3.18. The molecular weight excluding hydrogens is 398 g/mol. The molecule has 0 fully saturated rings. The van der Waals surface area contributed by atoms with Gasteiger partial charge in [-0.1, -0.05) is 17.7 Å². The molecule has 5 nitrogen and oxygen atoms in total. The molecule has 7 heteroatoms. The van der Waals surface area contributed by atoms with E-state index in [1.54, 1.807) is 30.3 Å². The Bertz CT molecular complexity index is 779. The molecule has 0 heterocycles. The number of rotatable bonds is 5. The lowest BCUT2D eigenvalue weighted by Crippen LogP contribution is -2.21. The van der Waals surface area contributed by atoms with Crippen molar-refractivity contribution in [2.24, 2.45) is 0 Å². The van der Waals surface area contributed by atoms with Crippen LogP contribution in [0.25, 0.3) is 0 Å². The molecule has 0 aromatic heterocycles. The van der Waals surface area contributed by atoms with Gasteiger partial charge in [-0.05, 0) is 58.7 Å². The molecule has 2 aromatic carbocycles. The maximum Gasteiger partial charge on any atom is 0.339 e. The number of benzene rings is 2. The summed E-state index contributed by atoms with van der Waals surface area (Å²) in [6, 6.07) is 10.1. The number of nitrogens with one attached hydrogen (secondary N) is 1. The van der Waals surface area contributed by atoms with Crippen LogP contribution in [-0.2, 0) is 9.53 Å². The number of carbonyl (C=O) groups is 2. The number of halogens is 2. The Morgan fingerprint density at radius 2 is 1.96 bits per heavy atom. The van der Waals surface area contributed by atoms with Crippen LogP contribution >= 0.6 is 27.5 Å². The van der Waals surface area contributed by atoms with Crippen LogP contribution in [0.4, 0.5) is 5.69 Å². The second-order valence-corrected chi connectivity index (χ2v) is 6.20. The minimum absolute atomic E-state index is 0.278. The van der Waals surface area contributed by atoms with Crippen LogP contribution in [0, 0.1) is 6.92 Å². The lowest BCUT2D eigenvalue weighted by molar-refractivity contribution is -0.119. The number of hydrogen-bond donors (Lipinski definition) is 1. The summed E-state index contributed by atoms with van der Waals surface area (Å²) in [5, 5.41) is 3.16. The van der Waals surface area contributed by atoms with Crippen LogP contribution in [0.2, 0.25) is 5.02 Å². The molecule has 0 bridgehead atoms. The average molecular weight is 413 g/mol. The van der Waals surface area contributed by atoms with Crippen molar-refractivity contribution < 1.29 is 19.1 Å². The molecule has 0 aliphatic carbocycles. The Kier molecular flexibility index (Phi) is 6.23. The molecule has 0 aliphatic rings. The van der Waals surface area contributed by atoms with E-state index in [2.05, 4.69) is 21.2 Å². The topological polar surface area (TPSA) is 64.6 Å². The van der Waals surface area contributed by atoms with Gasteiger partial charge < -0.3 is 14.8 Å². The van der Waals surface area contributed by atoms with Gasteiger partial charge in [0.2, 0.25) is 0 Å². The first-order chi connectivity index (χ1) is 11.4. The van der Waals surface area contributed by atoms with Gasteiger partial charge >= 0.3 is 5.97 Å². The highest BCUT2D eigenvalue weighted by Gasteiger charge is 2.15. The quantitative estimate of drug-likeness (QED) is 0.747. The smallest absolute Gasteiger partial charge is 0.339 e. The van der Waals surface area contributed by atoms with E-state index < -0.39 is 18.5 Å². The zero-order chi connectivity index (χ0) is 17.7. The standard InChI is InChI=1S/C17H15BrClNO4/c1-10-3-4-11(7-15(10)19)20-16(21)9-24-17(22)13-8-12(23-2)5-6-14(13)18/h3-8H,9H2,1-2H3,(H,20,21). The average Bonchev–Trinajstić information content (AvgIpc) is 2.56. The molecule has 0 saturated heterocycles. The van der Waals surface area contributed by atoms with Gasteiger partial charge in [0.25, 0.3) is 5.91 Å². The molecule has 0 radical (unpaired) electrons. The summed E-state index contributed by atoms with van der Waals surface area (Å²) in [5.74, 6) is -0.566. The van der Waals surface area contributed by atoms with Crippen LogP contribution in [0.5, 0.6) is 5.75 Å². The Balaban J connectivity index is 1.96. The van der Waals surface area contributed by atoms with Crippen LogP contribution in [0.1, 0.15) is 15.9 Å². The zero-order valence-electron chi connectivity index (χ0n) is 13.1. The van der Waals surface area contributed by atoms with Crippen LogP contribution in [-0.4, -0.2) is 25.6 Å². The monoisotopic (exact) mass is 411 g/mol. The zero-order valence-corrected chi connectivity index (χ0v) is 15.4. The van der Waals surface area contributed by atoms with Crippen molar-refractivity contribution in [2.45, 2.75) is 6.92 Å². The third kappa shape index (κ3) is 4.72. The van der Waals surface area contributed by atoms with Gasteiger partial charge in [-0.25, -0.2) is 4.79 Å². The van der Waals surface area contributed by atoms with Crippen molar-refractivity contribution in [1.82, 2.24) is 0 Å². The molecule has 0 atom stereocenters. The number of aryl methyl sites for hydroxylation is 1. The molecule has 24 heavy (non-hydrogen) atoms. The van der Waals surface area contributed by atoms with E-state index in [-0.39, 0.29) is 5.56 Å². The number of hydrogen-bond acceptors (Lipinski definition) is 4. The van der Waals surface area contributed by atoms with E-state index in [0.29, 0.717) is 20.9 Å². The van der Waals surface area contributed by atoms with Crippen LogP contribution < -0.4 is 10.1 Å². The first-order valence-corrected chi connectivity index (χ1v) is 8.14. The van der Waals surface area contributed by atoms with Gasteiger partial charge in [0.05, 0.1) is 12.7 Å². The van der Waals surface area contributed by atoms with E-state index in [0.717, 1.165) is 5.56 Å². The van der Waals surface area contributed by atoms with Gasteiger partial charge in [-0.2, -0.15) is 0 Å². The van der Waals surface area contributed by atoms with Gasteiger partial charge in [0.1, 0.15) is 5.75 Å². The van der Waals surface area contributed by atoms with E-state index in [1.165, 1.54) is 13.2 Å². The Hall–Kier alpha value is -2.05. The molecule has 2 aromatic rings. The number of anilines is 1. The lowest BCUT2D eigenvalue weighted by atomic mass is 10.2. The van der Waals surface area contributed by atoms with Crippen LogP contribution in [0.3, 0.4) is 0 Å². The molecule has 1 N–H and O–H groups in total. The SMILES string of the molecule is COc1ccc(Br)c(C(=O)OCC(=O)Nc2ccc(C)c(Cl)c2)c1. The van der Waals surface area contributed by atoms with E-state index >= 15 is 0 Å². The highest BCUT2D eigenvalue weighted by Crippen LogP contribution is 2.23. The Labute approximate surface area is 153 Å². The largest absolute Gasteiger partial charge is 0.497 e. The second kappa shape index (κ2) is 8.17. The molecule has 0 spiro atoms. The van der Waals surface area contributed by atoms with Gasteiger partial charge in [0, 0.05) is 15.2 Å². The summed E-state index contributed by atoms with van der Waals surface area (Å²) in [6.45, 7) is 1.45. The van der Waals surface area contributed by atoms with Crippen molar-refractivity contribution in [3.05, 3.63) is 57.0 Å². The molecule has 0 saturated carbocycles. The third-order valence-corrected chi connectivity index (χ3v) is 4.28. The highest BCUT2D eigenvalue weighted by atomic mass is 79.9. The second-order valence-electron chi connectivity index (χ2n) is 4.93. The number of esters is 1. The van der Waals surface area contributed by atoms with Gasteiger partial charge in [-0.3, -0.25) is 4.79 Å². The van der Waals surface area contributed by atoms with E-state index in [4.69, 9.17) is 21.1 Å². The fraction of sp³-hybridized carbons (Fsp3) is 0.176. The Morgan fingerprint density at radius 3 is 2.62 bits per heavy atom. The maximum atomic E-state index is 12.1. The van der Waals surface area contributed by atoms with Crippen molar-refractivity contribution in [2.75, 3.05) is 19.0 Å². The maximum absolute atomic E-state index is 12.1. The molecular formula is C17H15BrClNO4. The van der Waals surface area contributed by atoms with Crippen LogP contribution in [0.15, 0.2) is 40.9 Å². The minimum atomic E-state index is -0.627. The van der Waals surface area contributed by atoms with Crippen molar-refractivity contribution in [3.8, 4) is 5.75 Å². The lowest BCUT2D eigenvalue weighted by Gasteiger charge is -2.09. The first kappa shape index (κ1) is 18.3. The number of methoxy groups -OCH3 is 1. The molecule has 126 valence electrons. The number of ether oxygens (including phenoxy) is 2. The number of carbonyl (C=O) groups excluding carboxylic acids is 2. The minimum Gasteiger partial charge on any atom is -0.497 e. The predicted molar refractivity (Wildman–Crippen MR) is 95.8 cm³/mol. The molecule has 0 aliphatic heterocycles. The van der Waals surface area contributed by atoms with E-state index in [1.807, 2.05) is 6.92 Å². The molecule has 2 rings (SSSR count).